The highest BCUT2D eigenvalue weighted by Crippen LogP contribution is 2.43. The van der Waals surface area contributed by atoms with E-state index in [1.54, 1.807) is 29.6 Å². The molecule has 11 heteroatoms. The molecule has 10 nitrogen and oxygen atoms in total. The fourth-order valence-electron chi connectivity index (χ4n) is 3.55. The zero-order valence-corrected chi connectivity index (χ0v) is 16.9. The maximum absolute atomic E-state index is 12.8. The number of H-pyrrole nitrogens is 2. The van der Waals surface area contributed by atoms with Crippen molar-refractivity contribution in [1.29, 1.82) is 0 Å². The zero-order valence-electron chi connectivity index (χ0n) is 16.1. The summed E-state index contributed by atoms with van der Waals surface area (Å²) in [5.41, 5.74) is 7.89. The molecule has 0 bridgehead atoms. The summed E-state index contributed by atoms with van der Waals surface area (Å²) >= 11 is 1.37. The lowest BCUT2D eigenvalue weighted by Gasteiger charge is -2.26. The zero-order chi connectivity index (χ0) is 20.7. The van der Waals surface area contributed by atoms with Gasteiger partial charge in [-0.05, 0) is 18.9 Å². The summed E-state index contributed by atoms with van der Waals surface area (Å²) in [4.78, 5) is 37.0. The van der Waals surface area contributed by atoms with Crippen LogP contribution >= 0.6 is 11.3 Å². The highest BCUT2D eigenvalue weighted by atomic mass is 32.1. The first-order valence-electron chi connectivity index (χ1n) is 9.76. The Bertz CT molecular complexity index is 1060. The van der Waals surface area contributed by atoms with Gasteiger partial charge in [-0.15, -0.1) is 0 Å². The van der Waals surface area contributed by atoms with Gasteiger partial charge in [0.05, 0.1) is 41.2 Å². The lowest BCUT2D eigenvalue weighted by molar-refractivity contribution is 0.0303. The molecule has 0 atom stereocenters. The monoisotopic (exact) mass is 427 g/mol. The van der Waals surface area contributed by atoms with Crippen LogP contribution in [0.5, 0.6) is 0 Å². The Balaban J connectivity index is 1.48. The molecule has 2 amide bonds. The second-order valence-corrected chi connectivity index (χ2v) is 8.28. The van der Waals surface area contributed by atoms with Crippen molar-refractivity contribution in [1.82, 2.24) is 25.1 Å². The van der Waals surface area contributed by atoms with E-state index >= 15 is 0 Å². The third kappa shape index (κ3) is 3.46. The minimum absolute atomic E-state index is 0.0656. The number of amides is 2. The van der Waals surface area contributed by atoms with E-state index in [0.29, 0.717) is 53.6 Å². The second kappa shape index (κ2) is 7.58. The van der Waals surface area contributed by atoms with Gasteiger partial charge >= 0.3 is 0 Å². The molecular formula is C19H21N7O3S. The number of morpholine rings is 1. The fraction of sp³-hybridized carbons (Fsp3) is 0.368. The molecule has 0 radical (unpaired) electrons. The lowest BCUT2D eigenvalue weighted by atomic mass is 10.2. The Morgan fingerprint density at radius 1 is 1.27 bits per heavy atom. The van der Waals surface area contributed by atoms with Crippen LogP contribution in [0, 0.1) is 0 Å². The summed E-state index contributed by atoms with van der Waals surface area (Å²) in [6.45, 7) is 2.21. The number of rotatable bonds is 6. The van der Waals surface area contributed by atoms with Crippen LogP contribution in [0.15, 0.2) is 24.7 Å². The smallest absolute Gasteiger partial charge is 0.268 e. The molecule has 0 unspecified atom stereocenters. The van der Waals surface area contributed by atoms with Crippen molar-refractivity contribution in [3.63, 3.8) is 0 Å². The first-order valence-corrected chi connectivity index (χ1v) is 10.6. The highest BCUT2D eigenvalue weighted by molar-refractivity contribution is 7.19. The van der Waals surface area contributed by atoms with Crippen LogP contribution in [-0.4, -0.2) is 69.2 Å². The molecule has 156 valence electrons. The van der Waals surface area contributed by atoms with E-state index in [2.05, 4.69) is 25.1 Å². The maximum atomic E-state index is 12.8. The van der Waals surface area contributed by atoms with Gasteiger partial charge in [0.1, 0.15) is 0 Å². The molecule has 2 fully saturated rings. The minimum Gasteiger partial charge on any atom is -0.378 e. The molecular weight excluding hydrogens is 406 g/mol. The maximum Gasteiger partial charge on any atom is 0.268 e. The Morgan fingerprint density at radius 3 is 2.73 bits per heavy atom. The summed E-state index contributed by atoms with van der Waals surface area (Å²) in [6, 6.07) is 2.07. The van der Waals surface area contributed by atoms with Crippen LogP contribution in [-0.2, 0) is 4.74 Å². The molecule has 3 aromatic heterocycles. The third-order valence-electron chi connectivity index (χ3n) is 5.20. The van der Waals surface area contributed by atoms with Crippen molar-refractivity contribution < 1.29 is 14.3 Å². The summed E-state index contributed by atoms with van der Waals surface area (Å²) in [7, 11) is 0. The number of aromatic amines is 2. The van der Waals surface area contributed by atoms with Gasteiger partial charge in [0.25, 0.3) is 11.8 Å². The highest BCUT2D eigenvalue weighted by Gasteiger charge is 2.34. The van der Waals surface area contributed by atoms with Crippen LogP contribution in [0.4, 0.5) is 10.8 Å². The van der Waals surface area contributed by atoms with Gasteiger partial charge in [-0.1, -0.05) is 11.3 Å². The van der Waals surface area contributed by atoms with Crippen molar-refractivity contribution in [3.05, 3.63) is 35.9 Å². The van der Waals surface area contributed by atoms with Gasteiger partial charge in [0, 0.05) is 31.5 Å². The first kappa shape index (κ1) is 18.8. The van der Waals surface area contributed by atoms with E-state index < -0.39 is 5.91 Å². The molecule has 1 saturated heterocycles. The lowest BCUT2D eigenvalue weighted by Crippen LogP contribution is -2.40. The van der Waals surface area contributed by atoms with Crippen LogP contribution < -0.4 is 10.6 Å². The number of carbonyl (C=O) groups is 2. The summed E-state index contributed by atoms with van der Waals surface area (Å²) in [5.74, 6) is -0.671. The van der Waals surface area contributed by atoms with E-state index in [1.165, 1.54) is 11.3 Å². The number of ether oxygens (including phenoxy) is 1. The summed E-state index contributed by atoms with van der Waals surface area (Å²) in [6.07, 6.45) is 7.29. The number of nitrogens with two attached hydrogens (primary N) is 1. The number of nitrogens with one attached hydrogen (secondary N) is 2. The van der Waals surface area contributed by atoms with E-state index in [-0.39, 0.29) is 11.6 Å². The average molecular weight is 427 g/mol. The van der Waals surface area contributed by atoms with Crippen LogP contribution in [0.25, 0.3) is 10.6 Å². The summed E-state index contributed by atoms with van der Waals surface area (Å²) in [5, 5.41) is 7.53. The summed E-state index contributed by atoms with van der Waals surface area (Å²) < 4.78 is 5.31. The predicted molar refractivity (Wildman–Crippen MR) is 111 cm³/mol. The number of primary amides is 1. The Labute approximate surface area is 176 Å². The first-order chi connectivity index (χ1) is 14.6. The van der Waals surface area contributed by atoms with Crippen molar-refractivity contribution in [2.45, 2.75) is 18.9 Å². The Kier molecular flexibility index (Phi) is 4.75. The number of nitrogens with zero attached hydrogens (tertiary/aromatic N) is 4. The molecule has 5 rings (SSSR count). The van der Waals surface area contributed by atoms with Gasteiger partial charge < -0.3 is 25.3 Å². The van der Waals surface area contributed by atoms with Crippen molar-refractivity contribution in [2.75, 3.05) is 31.2 Å². The number of thiazole rings is 1. The van der Waals surface area contributed by atoms with Crippen LogP contribution in [0.2, 0.25) is 0 Å². The third-order valence-corrected chi connectivity index (χ3v) is 6.29. The van der Waals surface area contributed by atoms with E-state index in [4.69, 9.17) is 10.5 Å². The number of hydrogen-bond donors (Lipinski definition) is 3. The largest absolute Gasteiger partial charge is 0.378 e. The molecule has 1 aliphatic heterocycles. The number of hydrogen-bond acceptors (Lipinski definition) is 7. The van der Waals surface area contributed by atoms with E-state index in [9.17, 15) is 9.59 Å². The Hall–Kier alpha value is -3.18. The number of carbonyl (C=O) groups excluding carboxylic acids is 2. The van der Waals surface area contributed by atoms with Crippen molar-refractivity contribution >= 4 is 34.0 Å². The molecule has 30 heavy (non-hydrogen) atoms. The SMILES string of the molecule is NC(=O)c1nc(N(c2cn[nH]c2)C2CC2)sc1-c1cc(C(=O)N2CCOCC2)c[nH]1. The standard InChI is InChI=1S/C19H21N7O3S/c20-17(27)15-16(14-7-11(8-21-14)18(28)25-3-5-29-6-4-25)30-19(24-15)26(12-1-2-12)13-9-22-23-10-13/h7-10,12,21H,1-6H2,(H2,20,27)(H,22,23). The van der Waals surface area contributed by atoms with Crippen LogP contribution in [0.1, 0.15) is 33.7 Å². The van der Waals surface area contributed by atoms with Gasteiger partial charge in [0.15, 0.2) is 10.8 Å². The normalized spacial score (nSPS) is 16.6. The molecule has 2 aliphatic rings. The van der Waals surface area contributed by atoms with E-state index in [1.807, 2.05) is 0 Å². The molecule has 1 aliphatic carbocycles. The van der Waals surface area contributed by atoms with Crippen LogP contribution in [0.3, 0.4) is 0 Å². The van der Waals surface area contributed by atoms with Gasteiger partial charge in [0.2, 0.25) is 0 Å². The molecule has 3 aromatic rings. The molecule has 1 saturated carbocycles. The van der Waals surface area contributed by atoms with Gasteiger partial charge in [-0.3, -0.25) is 14.7 Å². The fourth-order valence-corrected chi connectivity index (χ4v) is 4.69. The van der Waals surface area contributed by atoms with Gasteiger partial charge in [-0.25, -0.2) is 4.98 Å². The molecule has 4 heterocycles. The predicted octanol–water partition coefficient (Wildman–Crippen LogP) is 1.73. The Morgan fingerprint density at radius 2 is 2.07 bits per heavy atom. The van der Waals surface area contributed by atoms with E-state index in [0.717, 1.165) is 18.5 Å². The minimum atomic E-state index is -0.605. The number of aromatic nitrogens is 4. The second-order valence-electron chi connectivity index (χ2n) is 7.30. The quantitative estimate of drug-likeness (QED) is 0.549. The molecule has 0 spiro atoms. The average Bonchev–Trinajstić information content (AvgIpc) is 3.17. The van der Waals surface area contributed by atoms with Crippen molar-refractivity contribution in [2.24, 2.45) is 5.73 Å². The molecule has 4 N–H and O–H groups in total. The molecule has 0 aromatic carbocycles. The topological polar surface area (TPSA) is 133 Å². The number of anilines is 2. The van der Waals surface area contributed by atoms with Crippen molar-refractivity contribution in [3.8, 4) is 10.6 Å². The van der Waals surface area contributed by atoms with Gasteiger partial charge in [-0.2, -0.15) is 5.10 Å².